The van der Waals surface area contributed by atoms with Gasteiger partial charge in [-0.25, -0.2) is 4.98 Å². The fourth-order valence-electron chi connectivity index (χ4n) is 4.26. The van der Waals surface area contributed by atoms with E-state index in [2.05, 4.69) is 16.8 Å². The number of aryl methyl sites for hydroxylation is 2. The molecule has 2 heterocycles. The number of nitrogens with one attached hydrogen (secondary N) is 1. The summed E-state index contributed by atoms with van der Waals surface area (Å²) in [6.45, 7) is 11.6. The van der Waals surface area contributed by atoms with E-state index in [1.807, 2.05) is 24.3 Å². The van der Waals surface area contributed by atoms with Crippen molar-refractivity contribution in [1.29, 1.82) is 0 Å². The molecule has 1 aromatic carbocycles. The second kappa shape index (κ2) is 10.9. The number of nitrogens with zero attached hydrogens (tertiary/aromatic N) is 3. The van der Waals surface area contributed by atoms with Crippen LogP contribution in [0.4, 0.5) is 0 Å². The second-order valence-corrected chi connectivity index (χ2v) is 10.4. The predicted octanol–water partition coefficient (Wildman–Crippen LogP) is 3.10. The zero-order chi connectivity index (χ0) is 26.8. The van der Waals surface area contributed by atoms with Crippen LogP contribution in [0.1, 0.15) is 51.8 Å². The number of fused-ring (bicyclic) bond motifs is 1. The molecule has 0 fully saturated rings. The first-order chi connectivity index (χ1) is 16.8. The lowest BCUT2D eigenvalue weighted by Crippen LogP contribution is -2.47. The van der Waals surface area contributed by atoms with Crippen molar-refractivity contribution in [3.8, 4) is 11.4 Å². The van der Waals surface area contributed by atoms with Crippen LogP contribution >= 0.6 is 0 Å². The Kier molecular flexibility index (Phi) is 8.38. The second-order valence-electron chi connectivity index (χ2n) is 10.4. The van der Waals surface area contributed by atoms with Crippen molar-refractivity contribution in [2.75, 3.05) is 13.7 Å². The minimum atomic E-state index is -0.919. The van der Waals surface area contributed by atoms with E-state index in [0.29, 0.717) is 18.7 Å². The van der Waals surface area contributed by atoms with Gasteiger partial charge in [-0.1, -0.05) is 6.07 Å². The van der Waals surface area contributed by atoms with E-state index in [0.717, 1.165) is 28.0 Å². The lowest BCUT2D eigenvalue weighted by Gasteiger charge is -2.26. The summed E-state index contributed by atoms with van der Waals surface area (Å²) in [5.41, 5.74) is 3.42. The summed E-state index contributed by atoms with van der Waals surface area (Å²) < 4.78 is 14.6. The van der Waals surface area contributed by atoms with E-state index in [1.54, 1.807) is 59.5 Å². The van der Waals surface area contributed by atoms with Gasteiger partial charge in [0.2, 0.25) is 0 Å². The van der Waals surface area contributed by atoms with Crippen molar-refractivity contribution in [3.63, 3.8) is 0 Å². The minimum Gasteiger partial charge on any atom is -0.459 e. The molecule has 0 bridgehead atoms. The van der Waals surface area contributed by atoms with Gasteiger partial charge in [-0.05, 0) is 65.3 Å². The Morgan fingerprint density at radius 2 is 1.92 bits per heavy atom. The number of methoxy groups -OCH3 is 1. The lowest BCUT2D eigenvalue weighted by molar-refractivity contribution is -0.160. The first kappa shape index (κ1) is 27.6. The number of hydrogen-bond acceptors (Lipinski definition) is 7. The molecule has 2 aromatic heterocycles. The molecule has 36 heavy (non-hydrogen) atoms. The number of carbonyl (C=O) groups excluding carboxylic acids is 1. The molecule has 0 saturated heterocycles. The molecule has 0 aliphatic heterocycles. The number of rotatable bonds is 9. The van der Waals surface area contributed by atoms with Gasteiger partial charge in [0, 0.05) is 38.0 Å². The number of aromatic nitrogens is 3. The minimum absolute atomic E-state index is 0.00306. The van der Waals surface area contributed by atoms with Crippen LogP contribution in [-0.4, -0.2) is 56.7 Å². The zero-order valence-electron chi connectivity index (χ0n) is 22.5. The van der Waals surface area contributed by atoms with Crippen LogP contribution in [0.3, 0.4) is 0 Å². The molecule has 196 valence electrons. The maximum absolute atomic E-state index is 12.6. The van der Waals surface area contributed by atoms with E-state index in [-0.39, 0.29) is 11.6 Å². The number of pyridine rings is 1. The Labute approximate surface area is 212 Å². The highest BCUT2D eigenvalue weighted by Crippen LogP contribution is 2.29. The number of imidazole rings is 1. The quantitative estimate of drug-likeness (QED) is 0.437. The largest absolute Gasteiger partial charge is 0.459 e. The topological polar surface area (TPSA) is 108 Å². The zero-order valence-corrected chi connectivity index (χ0v) is 22.5. The highest BCUT2D eigenvalue weighted by atomic mass is 16.6. The van der Waals surface area contributed by atoms with Crippen molar-refractivity contribution < 1.29 is 19.4 Å². The number of carbonyl (C=O) groups is 1. The highest BCUT2D eigenvalue weighted by Gasteiger charge is 2.28. The van der Waals surface area contributed by atoms with Gasteiger partial charge in [-0.15, -0.1) is 0 Å². The molecule has 9 nitrogen and oxygen atoms in total. The first-order valence-corrected chi connectivity index (χ1v) is 12.1. The highest BCUT2D eigenvalue weighted by molar-refractivity contribution is 5.82. The summed E-state index contributed by atoms with van der Waals surface area (Å²) in [5.74, 6) is 0.248. The van der Waals surface area contributed by atoms with Gasteiger partial charge in [0.15, 0.2) is 0 Å². The summed E-state index contributed by atoms with van der Waals surface area (Å²) in [6, 6.07) is 6.93. The molecule has 0 aliphatic rings. The molecular formula is C27H38N4O5. The maximum Gasteiger partial charge on any atom is 0.326 e. The molecule has 2 N–H and O–H groups in total. The van der Waals surface area contributed by atoms with Crippen LogP contribution in [0.2, 0.25) is 0 Å². The molecule has 3 unspecified atom stereocenters. The molecule has 0 spiro atoms. The molecule has 3 atom stereocenters. The normalized spacial score (nSPS) is 14.6. The van der Waals surface area contributed by atoms with Crippen molar-refractivity contribution in [1.82, 2.24) is 19.4 Å². The van der Waals surface area contributed by atoms with Gasteiger partial charge in [-0.2, -0.15) is 0 Å². The van der Waals surface area contributed by atoms with Crippen molar-refractivity contribution in [2.45, 2.75) is 71.9 Å². The molecule has 3 aromatic rings. The van der Waals surface area contributed by atoms with Gasteiger partial charge >= 0.3 is 5.97 Å². The number of aliphatic hydroxyl groups excluding tert-OH is 1. The van der Waals surface area contributed by atoms with E-state index in [4.69, 9.17) is 14.5 Å². The van der Waals surface area contributed by atoms with E-state index < -0.39 is 23.7 Å². The Morgan fingerprint density at radius 3 is 2.50 bits per heavy atom. The summed E-state index contributed by atoms with van der Waals surface area (Å²) >= 11 is 0. The van der Waals surface area contributed by atoms with Crippen LogP contribution in [-0.2, 0) is 27.9 Å². The van der Waals surface area contributed by atoms with Gasteiger partial charge < -0.3 is 23.7 Å². The molecule has 0 saturated carbocycles. The summed E-state index contributed by atoms with van der Waals surface area (Å²) in [5, 5.41) is 13.3. The Morgan fingerprint density at radius 1 is 1.22 bits per heavy atom. The Bertz CT molecular complexity index is 1260. The first-order valence-electron chi connectivity index (χ1n) is 12.1. The summed E-state index contributed by atoms with van der Waals surface area (Å²) in [7, 11) is 3.40. The van der Waals surface area contributed by atoms with E-state index >= 15 is 0 Å². The van der Waals surface area contributed by atoms with Crippen LogP contribution in [0, 0.1) is 6.92 Å². The van der Waals surface area contributed by atoms with Crippen molar-refractivity contribution in [3.05, 3.63) is 51.9 Å². The van der Waals surface area contributed by atoms with E-state index in [1.165, 1.54) is 0 Å². The number of benzene rings is 1. The van der Waals surface area contributed by atoms with Gasteiger partial charge in [0.05, 0.1) is 29.8 Å². The molecular weight excluding hydrogens is 460 g/mol. The molecule has 0 amide bonds. The average Bonchev–Trinajstić information content (AvgIpc) is 3.15. The fraction of sp³-hybridized carbons (Fsp3) is 0.519. The SMILES string of the molecule is COCC(C)n1c(-c2cc(C)c(=O)n(C)c2)nc2cc(CNC(C(=O)OC(C)(C)C)C(C)O)ccc21. The van der Waals surface area contributed by atoms with Gasteiger partial charge in [0.1, 0.15) is 17.5 Å². The third-order valence-electron chi connectivity index (χ3n) is 5.89. The molecule has 9 heteroatoms. The lowest BCUT2D eigenvalue weighted by atomic mass is 10.1. The monoisotopic (exact) mass is 498 g/mol. The predicted molar refractivity (Wildman–Crippen MR) is 140 cm³/mol. The molecule has 3 rings (SSSR count). The van der Waals surface area contributed by atoms with Crippen molar-refractivity contribution in [2.24, 2.45) is 7.05 Å². The number of aliphatic hydroxyl groups is 1. The fourth-order valence-corrected chi connectivity index (χ4v) is 4.26. The van der Waals surface area contributed by atoms with Gasteiger partial charge in [0.25, 0.3) is 5.56 Å². The maximum atomic E-state index is 12.6. The molecule has 0 aliphatic carbocycles. The third-order valence-corrected chi connectivity index (χ3v) is 5.89. The smallest absolute Gasteiger partial charge is 0.326 e. The Hall–Kier alpha value is -3.01. The van der Waals surface area contributed by atoms with Crippen molar-refractivity contribution >= 4 is 17.0 Å². The summed E-state index contributed by atoms with van der Waals surface area (Å²) in [6.07, 6.45) is 0.876. The number of hydrogen-bond donors (Lipinski definition) is 2. The van der Waals surface area contributed by atoms with Crippen LogP contribution in [0.5, 0.6) is 0 Å². The van der Waals surface area contributed by atoms with E-state index in [9.17, 15) is 14.7 Å². The Balaban J connectivity index is 1.98. The standard InChI is InChI=1S/C27H38N4O5/c1-16-11-20(14-30(7)25(16)33)24-29-21-12-19(9-10-22(21)31(24)17(2)15-35-8)13-28-23(18(3)32)26(34)36-27(4,5)6/h9-12,14,17-18,23,28,32H,13,15H2,1-8H3. The van der Waals surface area contributed by atoms with Crippen LogP contribution in [0.25, 0.3) is 22.4 Å². The summed E-state index contributed by atoms with van der Waals surface area (Å²) in [4.78, 5) is 29.7. The third kappa shape index (κ3) is 6.21. The molecule has 0 radical (unpaired) electrons. The number of esters is 1. The number of ether oxygens (including phenoxy) is 2. The van der Waals surface area contributed by atoms with Crippen LogP contribution in [0.15, 0.2) is 35.3 Å². The van der Waals surface area contributed by atoms with Gasteiger partial charge in [-0.3, -0.25) is 14.9 Å². The average molecular weight is 499 g/mol. The van der Waals surface area contributed by atoms with Crippen LogP contribution < -0.4 is 10.9 Å².